The molecule has 0 unspecified atom stereocenters. The molecule has 1 N–H and O–H groups in total. The minimum atomic E-state index is -4.05. The third-order valence-electron chi connectivity index (χ3n) is 3.63. The van der Waals surface area contributed by atoms with E-state index in [0.717, 1.165) is 17.4 Å². The van der Waals surface area contributed by atoms with Crippen LogP contribution < -0.4 is 10.2 Å². The van der Waals surface area contributed by atoms with Crippen LogP contribution in [0, 0.1) is 11.8 Å². The molecule has 0 radical (unpaired) electrons. The summed E-state index contributed by atoms with van der Waals surface area (Å²) in [6.07, 6.45) is -3.71. The average Bonchev–Trinajstić information content (AvgIpc) is 2.86. The third kappa shape index (κ3) is 4.85. The van der Waals surface area contributed by atoms with Gasteiger partial charge in [0.1, 0.15) is 0 Å². The fourth-order valence-electron chi connectivity index (χ4n) is 2.41. The van der Waals surface area contributed by atoms with E-state index in [4.69, 9.17) is 0 Å². The monoisotopic (exact) mass is 321 g/mol. The molecule has 7 heteroatoms. The van der Waals surface area contributed by atoms with Crippen molar-refractivity contribution in [3.63, 3.8) is 0 Å². The topological polar surface area (TPSA) is 28.2 Å². The summed E-state index contributed by atoms with van der Waals surface area (Å²) in [6, 6.07) is 0. The molecule has 0 bridgehead atoms. The van der Waals surface area contributed by atoms with Gasteiger partial charge in [0, 0.05) is 25.0 Å². The number of rotatable bonds is 5. The molecule has 0 amide bonds. The van der Waals surface area contributed by atoms with Crippen LogP contribution in [0.1, 0.15) is 32.4 Å². The Morgan fingerprint density at radius 2 is 2.05 bits per heavy atom. The predicted octanol–water partition coefficient (Wildman–Crippen LogP) is 3.67. The van der Waals surface area contributed by atoms with Crippen LogP contribution >= 0.6 is 11.3 Å². The summed E-state index contributed by atoms with van der Waals surface area (Å²) in [5, 5.41) is 6.15. The second kappa shape index (κ2) is 6.96. The molecule has 0 aromatic carbocycles. The number of nitrogens with zero attached hydrogens (tertiary/aromatic N) is 2. The molecule has 2 rings (SSSR count). The van der Waals surface area contributed by atoms with Crippen molar-refractivity contribution < 1.29 is 13.2 Å². The molecule has 1 saturated heterocycles. The van der Waals surface area contributed by atoms with E-state index in [-0.39, 0.29) is 12.8 Å². The molecule has 1 aliphatic rings. The largest absolute Gasteiger partial charge is 0.391 e. The van der Waals surface area contributed by atoms with Crippen LogP contribution in [0.2, 0.25) is 0 Å². The lowest BCUT2D eigenvalue weighted by Gasteiger charge is -2.32. The van der Waals surface area contributed by atoms with Crippen molar-refractivity contribution in [3.05, 3.63) is 11.1 Å². The number of hydrogen-bond donors (Lipinski definition) is 1. The van der Waals surface area contributed by atoms with Crippen molar-refractivity contribution >= 4 is 16.5 Å². The Bertz CT molecular complexity index is 437. The molecule has 0 spiro atoms. The first-order valence-corrected chi connectivity index (χ1v) is 8.21. The van der Waals surface area contributed by atoms with Crippen molar-refractivity contribution in [2.24, 2.45) is 11.8 Å². The van der Waals surface area contributed by atoms with E-state index in [9.17, 15) is 13.2 Å². The molecule has 0 atom stereocenters. The Hall–Kier alpha value is -0.820. The smallest absolute Gasteiger partial charge is 0.348 e. The summed E-state index contributed by atoms with van der Waals surface area (Å²) in [4.78, 5) is 6.49. The second-order valence-corrected chi connectivity index (χ2v) is 6.79. The van der Waals surface area contributed by atoms with Crippen LogP contribution in [-0.2, 0) is 6.54 Å². The molecule has 1 aliphatic heterocycles. The van der Waals surface area contributed by atoms with E-state index >= 15 is 0 Å². The maximum Gasteiger partial charge on any atom is 0.391 e. The lowest BCUT2D eigenvalue weighted by atomic mass is 9.97. The lowest BCUT2D eigenvalue weighted by molar-refractivity contribution is -0.179. The van der Waals surface area contributed by atoms with Crippen molar-refractivity contribution in [2.45, 2.75) is 39.4 Å². The van der Waals surface area contributed by atoms with Crippen molar-refractivity contribution in [3.8, 4) is 0 Å². The third-order valence-corrected chi connectivity index (χ3v) is 4.58. The first kappa shape index (κ1) is 16.5. The van der Waals surface area contributed by atoms with Gasteiger partial charge in [-0.3, -0.25) is 0 Å². The van der Waals surface area contributed by atoms with E-state index in [1.807, 2.05) is 10.3 Å². The Balaban J connectivity index is 1.83. The number of halogens is 3. The van der Waals surface area contributed by atoms with E-state index in [1.54, 1.807) is 0 Å². The Kier molecular flexibility index (Phi) is 5.48. The molecule has 0 saturated carbocycles. The van der Waals surface area contributed by atoms with E-state index in [0.29, 0.717) is 25.6 Å². The summed E-state index contributed by atoms with van der Waals surface area (Å²) in [6.45, 7) is 6.82. The zero-order valence-corrected chi connectivity index (χ0v) is 13.2. The molecule has 3 nitrogen and oxygen atoms in total. The van der Waals surface area contributed by atoms with Gasteiger partial charge in [0.2, 0.25) is 0 Å². The van der Waals surface area contributed by atoms with Gasteiger partial charge in [0.25, 0.3) is 0 Å². The van der Waals surface area contributed by atoms with Crippen molar-refractivity contribution in [1.29, 1.82) is 0 Å². The highest BCUT2D eigenvalue weighted by Crippen LogP contribution is 2.35. The zero-order valence-electron chi connectivity index (χ0n) is 12.4. The number of anilines is 1. The number of alkyl halides is 3. The lowest BCUT2D eigenvalue weighted by Crippen LogP contribution is -2.39. The van der Waals surface area contributed by atoms with E-state index < -0.39 is 12.1 Å². The van der Waals surface area contributed by atoms with Gasteiger partial charge in [-0.25, -0.2) is 4.98 Å². The van der Waals surface area contributed by atoms with Gasteiger partial charge in [-0.15, -0.1) is 11.3 Å². The highest BCUT2D eigenvalue weighted by molar-refractivity contribution is 7.13. The first-order valence-electron chi connectivity index (χ1n) is 7.33. The van der Waals surface area contributed by atoms with E-state index in [1.165, 1.54) is 11.3 Å². The maximum atomic E-state index is 12.6. The Morgan fingerprint density at radius 3 is 2.62 bits per heavy atom. The van der Waals surface area contributed by atoms with Gasteiger partial charge in [-0.05, 0) is 25.3 Å². The number of thiazole rings is 1. The molecule has 2 heterocycles. The summed E-state index contributed by atoms with van der Waals surface area (Å²) < 4.78 is 37.9. The highest BCUT2D eigenvalue weighted by Gasteiger charge is 2.41. The fourth-order valence-corrected chi connectivity index (χ4v) is 3.29. The average molecular weight is 321 g/mol. The summed E-state index contributed by atoms with van der Waals surface area (Å²) >= 11 is 1.52. The number of piperidine rings is 1. The highest BCUT2D eigenvalue weighted by atomic mass is 32.1. The van der Waals surface area contributed by atoms with E-state index in [2.05, 4.69) is 24.1 Å². The fraction of sp³-hybridized carbons (Fsp3) is 0.786. The maximum absolute atomic E-state index is 12.6. The molecule has 1 aromatic heterocycles. The normalized spacial score (nSPS) is 17.7. The molecular formula is C14H22F3N3S. The SMILES string of the molecule is CC(C)CNCc1csc(N2CCC(C(F)(F)F)CC2)n1. The van der Waals surface area contributed by atoms with Gasteiger partial charge in [0.15, 0.2) is 5.13 Å². The predicted molar refractivity (Wildman–Crippen MR) is 79.7 cm³/mol. The number of hydrogen-bond acceptors (Lipinski definition) is 4. The molecule has 1 aromatic rings. The first-order chi connectivity index (χ1) is 9.86. The standard InChI is InChI=1S/C14H22F3N3S/c1-10(2)7-18-8-12-9-21-13(19-12)20-5-3-11(4-6-20)14(15,16)17/h9-11,18H,3-8H2,1-2H3. The summed E-state index contributed by atoms with van der Waals surface area (Å²) in [5.41, 5.74) is 0.966. The quantitative estimate of drug-likeness (QED) is 0.897. The number of nitrogens with one attached hydrogen (secondary N) is 1. The van der Waals surface area contributed by atoms with Gasteiger partial charge in [-0.1, -0.05) is 13.8 Å². The van der Waals surface area contributed by atoms with Crippen molar-refractivity contribution in [1.82, 2.24) is 10.3 Å². The van der Waals surface area contributed by atoms with Crippen LogP contribution in [-0.4, -0.2) is 30.8 Å². The Morgan fingerprint density at radius 1 is 1.38 bits per heavy atom. The minimum Gasteiger partial charge on any atom is -0.348 e. The van der Waals surface area contributed by atoms with Crippen LogP contribution in [0.3, 0.4) is 0 Å². The van der Waals surface area contributed by atoms with Crippen LogP contribution in [0.15, 0.2) is 5.38 Å². The van der Waals surface area contributed by atoms with Crippen LogP contribution in [0.5, 0.6) is 0 Å². The number of aromatic nitrogens is 1. The second-order valence-electron chi connectivity index (χ2n) is 5.95. The summed E-state index contributed by atoms with van der Waals surface area (Å²) in [7, 11) is 0. The molecule has 1 fully saturated rings. The van der Waals surface area contributed by atoms with Gasteiger partial charge >= 0.3 is 6.18 Å². The zero-order chi connectivity index (χ0) is 15.5. The minimum absolute atomic E-state index is 0.171. The molecule has 120 valence electrons. The van der Waals surface area contributed by atoms with Crippen molar-refractivity contribution in [2.75, 3.05) is 24.5 Å². The Labute approximate surface area is 127 Å². The van der Waals surface area contributed by atoms with Gasteiger partial charge < -0.3 is 10.2 Å². The molecular weight excluding hydrogens is 299 g/mol. The van der Waals surface area contributed by atoms with Crippen LogP contribution in [0.25, 0.3) is 0 Å². The van der Waals surface area contributed by atoms with Gasteiger partial charge in [0.05, 0.1) is 11.6 Å². The molecule has 21 heavy (non-hydrogen) atoms. The summed E-state index contributed by atoms with van der Waals surface area (Å²) in [5.74, 6) is -0.564. The molecule has 0 aliphatic carbocycles. The van der Waals surface area contributed by atoms with Gasteiger partial charge in [-0.2, -0.15) is 13.2 Å². The van der Waals surface area contributed by atoms with Crippen LogP contribution in [0.4, 0.5) is 18.3 Å².